The molecule has 1 unspecified atom stereocenters. The Balaban J connectivity index is 1.69. The number of carbonyl (C=O) groups excluding carboxylic acids is 1. The van der Waals surface area contributed by atoms with Crippen molar-refractivity contribution in [2.75, 3.05) is 0 Å². The highest BCUT2D eigenvalue weighted by atomic mass is 16.5. The maximum atomic E-state index is 13.1. The summed E-state index contributed by atoms with van der Waals surface area (Å²) in [6.45, 7) is 7.99. The van der Waals surface area contributed by atoms with Gasteiger partial charge >= 0.3 is 0 Å². The second-order valence-corrected chi connectivity index (χ2v) is 7.37. The molecule has 1 saturated carbocycles. The summed E-state index contributed by atoms with van der Waals surface area (Å²) in [6, 6.07) is 8.13. The third-order valence-corrected chi connectivity index (χ3v) is 5.13. The molecule has 2 heterocycles. The predicted molar refractivity (Wildman–Crippen MR) is 100 cm³/mol. The fourth-order valence-corrected chi connectivity index (χ4v) is 3.46. The van der Waals surface area contributed by atoms with Gasteiger partial charge in [-0.25, -0.2) is 4.98 Å². The van der Waals surface area contributed by atoms with E-state index >= 15 is 0 Å². The first-order valence-electron chi connectivity index (χ1n) is 9.09. The van der Waals surface area contributed by atoms with E-state index < -0.39 is 0 Å². The molecule has 5 heteroatoms. The second kappa shape index (κ2) is 6.24. The van der Waals surface area contributed by atoms with Crippen molar-refractivity contribution >= 4 is 17.0 Å². The molecule has 3 aromatic rings. The number of nitrogens with zero attached hydrogens (tertiary/aromatic N) is 2. The fraction of sp³-hybridized carbons (Fsp3) is 0.381. The summed E-state index contributed by atoms with van der Waals surface area (Å²) in [5.74, 6) is 0.326. The van der Waals surface area contributed by atoms with Gasteiger partial charge in [0.15, 0.2) is 0 Å². The van der Waals surface area contributed by atoms with Crippen molar-refractivity contribution in [3.8, 4) is 0 Å². The predicted octanol–water partition coefficient (Wildman–Crippen LogP) is 4.52. The first kappa shape index (κ1) is 16.8. The van der Waals surface area contributed by atoms with E-state index in [-0.39, 0.29) is 11.9 Å². The molecule has 1 aromatic carbocycles. The van der Waals surface area contributed by atoms with Crippen molar-refractivity contribution < 1.29 is 9.32 Å². The number of nitrogens with one attached hydrogen (secondary N) is 1. The lowest BCUT2D eigenvalue weighted by molar-refractivity contribution is 0.0941. The zero-order chi connectivity index (χ0) is 18.4. The first-order chi connectivity index (χ1) is 12.4. The Morgan fingerprint density at radius 3 is 2.73 bits per heavy atom. The molecule has 134 valence electrons. The fourth-order valence-electron chi connectivity index (χ4n) is 3.46. The number of fused-ring (bicyclic) bond motifs is 1. The van der Waals surface area contributed by atoms with E-state index in [0.717, 1.165) is 24.1 Å². The average molecular weight is 349 g/mol. The summed E-state index contributed by atoms with van der Waals surface area (Å²) >= 11 is 0. The Kier molecular flexibility index (Phi) is 4.02. The Morgan fingerprint density at radius 2 is 2.00 bits per heavy atom. The van der Waals surface area contributed by atoms with Crippen LogP contribution < -0.4 is 5.32 Å². The summed E-state index contributed by atoms with van der Waals surface area (Å²) in [5.41, 5.74) is 6.17. The van der Waals surface area contributed by atoms with E-state index in [4.69, 9.17) is 4.52 Å². The Morgan fingerprint density at radius 1 is 1.23 bits per heavy atom. The van der Waals surface area contributed by atoms with Crippen LogP contribution in [0.2, 0.25) is 0 Å². The molecular formula is C21H23N3O2. The van der Waals surface area contributed by atoms with Crippen LogP contribution in [-0.2, 0) is 0 Å². The third-order valence-electron chi connectivity index (χ3n) is 5.13. The van der Waals surface area contributed by atoms with Crippen LogP contribution in [-0.4, -0.2) is 16.0 Å². The average Bonchev–Trinajstić information content (AvgIpc) is 3.40. The lowest BCUT2D eigenvalue weighted by Gasteiger charge is -2.18. The number of pyridine rings is 1. The van der Waals surface area contributed by atoms with Gasteiger partial charge in [0, 0.05) is 11.6 Å². The lowest BCUT2D eigenvalue weighted by atomic mass is 9.99. The summed E-state index contributed by atoms with van der Waals surface area (Å²) in [4.78, 5) is 17.6. The minimum absolute atomic E-state index is 0.0878. The van der Waals surface area contributed by atoms with Gasteiger partial charge in [0.1, 0.15) is 0 Å². The maximum Gasteiger partial charge on any atom is 0.259 e. The topological polar surface area (TPSA) is 68.0 Å². The molecule has 1 aliphatic rings. The number of hydrogen-bond acceptors (Lipinski definition) is 4. The van der Waals surface area contributed by atoms with Crippen LogP contribution in [0, 0.1) is 20.8 Å². The maximum absolute atomic E-state index is 13.1. The molecule has 5 nitrogen and oxygen atoms in total. The van der Waals surface area contributed by atoms with Gasteiger partial charge in [0.25, 0.3) is 11.6 Å². The van der Waals surface area contributed by atoms with Crippen molar-refractivity contribution in [3.05, 3.63) is 57.9 Å². The van der Waals surface area contributed by atoms with Gasteiger partial charge in [-0.2, -0.15) is 0 Å². The number of rotatable bonds is 4. The van der Waals surface area contributed by atoms with Crippen LogP contribution in [0.5, 0.6) is 0 Å². The quantitative estimate of drug-likeness (QED) is 0.752. The van der Waals surface area contributed by atoms with Crippen LogP contribution in [0.1, 0.15) is 70.2 Å². The molecule has 1 fully saturated rings. The van der Waals surface area contributed by atoms with Crippen LogP contribution in [0.15, 0.2) is 28.8 Å². The van der Waals surface area contributed by atoms with Crippen LogP contribution >= 0.6 is 0 Å². The van der Waals surface area contributed by atoms with E-state index in [1.54, 1.807) is 0 Å². The van der Waals surface area contributed by atoms with Gasteiger partial charge in [-0.1, -0.05) is 28.9 Å². The zero-order valence-electron chi connectivity index (χ0n) is 15.6. The summed E-state index contributed by atoms with van der Waals surface area (Å²) < 4.78 is 5.34. The Labute approximate surface area is 152 Å². The van der Waals surface area contributed by atoms with Gasteiger partial charge in [-0.3, -0.25) is 4.79 Å². The van der Waals surface area contributed by atoms with Gasteiger partial charge in [-0.05, 0) is 57.7 Å². The standard InChI is InChI=1S/C21H23N3O2/c1-11-5-6-12(2)16(9-11)13(3)22-20(25)17-10-18(15-7-8-15)23-21-19(17)14(4)24-26-21/h5-6,9-10,13,15H,7-8H2,1-4H3,(H,22,25). The number of amides is 1. The molecule has 0 bridgehead atoms. The molecule has 0 radical (unpaired) electrons. The van der Waals surface area contributed by atoms with Crippen molar-refractivity contribution in [1.29, 1.82) is 0 Å². The molecule has 1 atom stereocenters. The number of aromatic nitrogens is 2. The molecule has 4 rings (SSSR count). The number of carbonyl (C=O) groups is 1. The van der Waals surface area contributed by atoms with E-state index in [1.807, 2.05) is 19.9 Å². The lowest BCUT2D eigenvalue weighted by Crippen LogP contribution is -2.27. The summed E-state index contributed by atoms with van der Waals surface area (Å²) in [6.07, 6.45) is 2.23. The van der Waals surface area contributed by atoms with Crippen molar-refractivity contribution in [3.63, 3.8) is 0 Å². The Bertz CT molecular complexity index is 1000. The minimum atomic E-state index is -0.112. The van der Waals surface area contributed by atoms with Crippen LogP contribution in [0.4, 0.5) is 0 Å². The first-order valence-corrected chi connectivity index (χ1v) is 9.09. The third kappa shape index (κ3) is 2.98. The van der Waals surface area contributed by atoms with E-state index in [2.05, 4.69) is 47.5 Å². The molecule has 0 aliphatic heterocycles. The van der Waals surface area contributed by atoms with Crippen LogP contribution in [0.25, 0.3) is 11.1 Å². The van der Waals surface area contributed by atoms with E-state index in [9.17, 15) is 4.79 Å². The monoisotopic (exact) mass is 349 g/mol. The van der Waals surface area contributed by atoms with Gasteiger partial charge in [-0.15, -0.1) is 0 Å². The molecule has 0 saturated heterocycles. The molecule has 1 N–H and O–H groups in total. The molecule has 1 amide bonds. The molecule has 2 aromatic heterocycles. The normalized spacial score (nSPS) is 15.2. The van der Waals surface area contributed by atoms with E-state index in [0.29, 0.717) is 28.3 Å². The van der Waals surface area contributed by atoms with Gasteiger partial charge in [0.2, 0.25) is 0 Å². The summed E-state index contributed by atoms with van der Waals surface area (Å²) in [7, 11) is 0. The molecule has 0 spiro atoms. The highest BCUT2D eigenvalue weighted by Gasteiger charge is 2.29. The largest absolute Gasteiger partial charge is 0.345 e. The zero-order valence-corrected chi connectivity index (χ0v) is 15.6. The SMILES string of the molecule is Cc1ccc(C)c(C(C)NC(=O)c2cc(C3CC3)nc3onc(C)c23)c1. The number of hydrogen-bond donors (Lipinski definition) is 1. The van der Waals surface area contributed by atoms with Crippen molar-refractivity contribution in [2.24, 2.45) is 0 Å². The number of aryl methyl sites for hydroxylation is 3. The van der Waals surface area contributed by atoms with Gasteiger partial charge in [0.05, 0.1) is 22.7 Å². The van der Waals surface area contributed by atoms with Crippen LogP contribution in [0.3, 0.4) is 0 Å². The minimum Gasteiger partial charge on any atom is -0.345 e. The molecular weight excluding hydrogens is 326 g/mol. The summed E-state index contributed by atoms with van der Waals surface area (Å²) in [5, 5.41) is 7.85. The highest BCUT2D eigenvalue weighted by molar-refractivity contribution is 6.06. The molecule has 1 aliphatic carbocycles. The van der Waals surface area contributed by atoms with Gasteiger partial charge < -0.3 is 9.84 Å². The highest BCUT2D eigenvalue weighted by Crippen LogP contribution is 2.40. The van der Waals surface area contributed by atoms with E-state index in [1.165, 1.54) is 11.1 Å². The smallest absolute Gasteiger partial charge is 0.259 e. The van der Waals surface area contributed by atoms with Crippen molar-refractivity contribution in [1.82, 2.24) is 15.5 Å². The van der Waals surface area contributed by atoms with Crippen molar-refractivity contribution in [2.45, 2.75) is 52.5 Å². The second-order valence-electron chi connectivity index (χ2n) is 7.37. The number of benzene rings is 1. The Hall–Kier alpha value is -2.69. The molecule has 26 heavy (non-hydrogen) atoms.